The van der Waals surface area contributed by atoms with Crippen LogP contribution in [0.1, 0.15) is 37.2 Å². The summed E-state index contributed by atoms with van der Waals surface area (Å²) in [5, 5.41) is 10.1. The van der Waals surface area contributed by atoms with E-state index < -0.39 is 11.6 Å². The molecule has 96 valence electrons. The molecule has 0 radical (unpaired) electrons. The minimum atomic E-state index is -0.590. The Hall–Kier alpha value is -2.18. The highest BCUT2D eigenvalue weighted by atomic mass is 16.6. The summed E-state index contributed by atoms with van der Waals surface area (Å²) in [7, 11) is 0. The molecule has 0 fully saturated rings. The number of oxazole rings is 1. The molecule has 0 spiro atoms. The Bertz CT molecular complexity index is 565. The van der Waals surface area contributed by atoms with E-state index in [1.165, 1.54) is 6.26 Å². The van der Waals surface area contributed by atoms with Gasteiger partial charge in [0, 0.05) is 6.92 Å². The fourth-order valence-electron chi connectivity index (χ4n) is 1.35. The van der Waals surface area contributed by atoms with Crippen LogP contribution in [0.5, 0.6) is 0 Å². The van der Waals surface area contributed by atoms with Crippen LogP contribution < -0.4 is 0 Å². The fraction of sp³-hybridized carbons (Fsp3) is 0.455. The molecule has 18 heavy (non-hydrogen) atoms. The third kappa shape index (κ3) is 2.55. The van der Waals surface area contributed by atoms with E-state index in [2.05, 4.69) is 20.4 Å². The van der Waals surface area contributed by atoms with Crippen LogP contribution >= 0.6 is 0 Å². The van der Waals surface area contributed by atoms with Crippen molar-refractivity contribution in [2.75, 3.05) is 0 Å². The van der Waals surface area contributed by atoms with Crippen molar-refractivity contribution in [1.82, 2.24) is 20.4 Å². The zero-order chi connectivity index (χ0) is 13.3. The molecule has 0 unspecified atom stereocenters. The predicted molar refractivity (Wildman–Crippen MR) is 61.8 cm³/mol. The van der Waals surface area contributed by atoms with Gasteiger partial charge < -0.3 is 9.15 Å². The fourth-order valence-corrected chi connectivity index (χ4v) is 1.35. The molecule has 0 aliphatic carbocycles. The molecule has 2 rings (SSSR count). The van der Waals surface area contributed by atoms with Crippen LogP contribution in [0.4, 0.5) is 0 Å². The van der Waals surface area contributed by atoms with Crippen LogP contribution in [0.2, 0.25) is 0 Å². The number of rotatable bonds is 2. The molecule has 0 saturated carbocycles. The van der Waals surface area contributed by atoms with E-state index >= 15 is 0 Å². The highest BCUT2D eigenvalue weighted by Crippen LogP contribution is 2.21. The summed E-state index contributed by atoms with van der Waals surface area (Å²) in [5.74, 6) is -0.0601. The van der Waals surface area contributed by atoms with Gasteiger partial charge in [0.25, 0.3) is 0 Å². The predicted octanol–water partition coefficient (Wildman–Crippen LogP) is 1.72. The summed E-state index contributed by atoms with van der Waals surface area (Å²) in [6.45, 7) is 7.05. The number of esters is 1. The van der Waals surface area contributed by atoms with Gasteiger partial charge in [-0.2, -0.15) is 10.3 Å². The van der Waals surface area contributed by atoms with Gasteiger partial charge in [-0.15, -0.1) is 5.10 Å². The molecule has 0 bridgehead atoms. The lowest BCUT2D eigenvalue weighted by Crippen LogP contribution is -2.24. The molecule has 0 atom stereocenters. The van der Waals surface area contributed by atoms with E-state index in [-0.39, 0.29) is 5.69 Å². The number of H-pyrrole nitrogens is 1. The standard InChI is InChI=1S/C11H14N4O3/c1-6-12-7(5-17-6)8-9(14-15-13-8)10(16)18-11(2,3)4/h5H,1-4H3,(H,13,14,15). The van der Waals surface area contributed by atoms with Crippen LogP contribution in [0.25, 0.3) is 11.4 Å². The third-order valence-corrected chi connectivity index (χ3v) is 2.00. The van der Waals surface area contributed by atoms with Crippen molar-refractivity contribution in [1.29, 1.82) is 0 Å². The maximum Gasteiger partial charge on any atom is 0.361 e. The lowest BCUT2D eigenvalue weighted by molar-refractivity contribution is 0.00637. The Morgan fingerprint density at radius 2 is 2.11 bits per heavy atom. The molecule has 0 aliphatic rings. The monoisotopic (exact) mass is 250 g/mol. The number of carbonyl (C=O) groups excluding carboxylic acids is 1. The quantitative estimate of drug-likeness (QED) is 0.815. The van der Waals surface area contributed by atoms with Gasteiger partial charge in [0.1, 0.15) is 23.3 Å². The Balaban J connectivity index is 2.31. The van der Waals surface area contributed by atoms with Gasteiger partial charge >= 0.3 is 5.97 Å². The van der Waals surface area contributed by atoms with Crippen molar-refractivity contribution in [3.8, 4) is 11.4 Å². The number of ether oxygens (including phenoxy) is 1. The lowest BCUT2D eigenvalue weighted by Gasteiger charge is -2.18. The lowest BCUT2D eigenvalue weighted by atomic mass is 10.2. The van der Waals surface area contributed by atoms with E-state index in [4.69, 9.17) is 9.15 Å². The molecule has 0 aliphatic heterocycles. The first-order valence-electron chi connectivity index (χ1n) is 5.43. The summed E-state index contributed by atoms with van der Waals surface area (Å²) < 4.78 is 10.3. The van der Waals surface area contributed by atoms with Gasteiger partial charge in [-0.1, -0.05) is 0 Å². The van der Waals surface area contributed by atoms with Gasteiger partial charge in [-0.05, 0) is 20.8 Å². The zero-order valence-electron chi connectivity index (χ0n) is 10.6. The molecule has 1 N–H and O–H groups in total. The van der Waals surface area contributed by atoms with Crippen LogP contribution in [-0.2, 0) is 4.74 Å². The molecule has 0 saturated heterocycles. The number of nitrogens with zero attached hydrogens (tertiary/aromatic N) is 3. The van der Waals surface area contributed by atoms with E-state index in [0.29, 0.717) is 17.3 Å². The number of hydrogen-bond donors (Lipinski definition) is 1. The topological polar surface area (TPSA) is 93.9 Å². The minimum Gasteiger partial charge on any atom is -0.455 e. The van der Waals surface area contributed by atoms with Crippen molar-refractivity contribution in [2.45, 2.75) is 33.3 Å². The van der Waals surface area contributed by atoms with Crippen molar-refractivity contribution in [3.63, 3.8) is 0 Å². The van der Waals surface area contributed by atoms with Crippen LogP contribution in [0, 0.1) is 6.92 Å². The molecular formula is C11H14N4O3. The summed E-state index contributed by atoms with van der Waals surface area (Å²) in [6.07, 6.45) is 1.42. The maximum absolute atomic E-state index is 11.9. The molecule has 7 heteroatoms. The number of aryl methyl sites for hydroxylation is 1. The number of aromatic amines is 1. The number of nitrogens with one attached hydrogen (secondary N) is 1. The van der Waals surface area contributed by atoms with Crippen molar-refractivity contribution in [2.24, 2.45) is 0 Å². The first-order chi connectivity index (χ1) is 8.37. The Morgan fingerprint density at radius 1 is 1.39 bits per heavy atom. The number of hydrogen-bond acceptors (Lipinski definition) is 6. The van der Waals surface area contributed by atoms with Gasteiger partial charge in [-0.3, -0.25) is 0 Å². The molecule has 2 aromatic rings. The first-order valence-corrected chi connectivity index (χ1v) is 5.43. The van der Waals surface area contributed by atoms with Crippen LogP contribution in [-0.4, -0.2) is 32.0 Å². The van der Waals surface area contributed by atoms with Crippen molar-refractivity contribution < 1.29 is 13.9 Å². The van der Waals surface area contributed by atoms with Crippen molar-refractivity contribution in [3.05, 3.63) is 17.8 Å². The summed E-state index contributed by atoms with van der Waals surface area (Å²) in [4.78, 5) is 16.0. The highest BCUT2D eigenvalue weighted by molar-refractivity contribution is 5.93. The molecule has 7 nitrogen and oxygen atoms in total. The highest BCUT2D eigenvalue weighted by Gasteiger charge is 2.25. The number of carbonyl (C=O) groups is 1. The molecule has 2 aromatic heterocycles. The Kier molecular flexibility index (Phi) is 2.90. The Morgan fingerprint density at radius 3 is 2.67 bits per heavy atom. The van der Waals surface area contributed by atoms with E-state index in [1.54, 1.807) is 27.7 Å². The molecular weight excluding hydrogens is 236 g/mol. The van der Waals surface area contributed by atoms with Gasteiger partial charge in [0.2, 0.25) is 0 Å². The van der Waals surface area contributed by atoms with Crippen LogP contribution in [0.15, 0.2) is 10.7 Å². The average Bonchev–Trinajstić information content (AvgIpc) is 2.81. The van der Waals surface area contributed by atoms with Gasteiger partial charge in [0.05, 0.1) is 0 Å². The normalized spacial score (nSPS) is 11.6. The van der Waals surface area contributed by atoms with Gasteiger partial charge in [0.15, 0.2) is 11.6 Å². The maximum atomic E-state index is 11.9. The second-order valence-corrected chi connectivity index (χ2v) is 4.77. The second-order valence-electron chi connectivity index (χ2n) is 4.77. The van der Waals surface area contributed by atoms with E-state index in [9.17, 15) is 4.79 Å². The molecule has 0 amide bonds. The first kappa shape index (κ1) is 12.3. The number of aromatic nitrogens is 4. The second kappa shape index (κ2) is 4.25. The largest absolute Gasteiger partial charge is 0.455 e. The van der Waals surface area contributed by atoms with E-state index in [1.807, 2.05) is 0 Å². The van der Waals surface area contributed by atoms with E-state index in [0.717, 1.165) is 0 Å². The summed E-state index contributed by atoms with van der Waals surface area (Å²) in [6, 6.07) is 0. The zero-order valence-corrected chi connectivity index (χ0v) is 10.6. The average molecular weight is 250 g/mol. The Labute approximate surface area is 104 Å². The summed E-state index contributed by atoms with van der Waals surface area (Å²) >= 11 is 0. The smallest absolute Gasteiger partial charge is 0.361 e. The van der Waals surface area contributed by atoms with Gasteiger partial charge in [-0.25, -0.2) is 9.78 Å². The minimum absolute atomic E-state index is 0.0956. The molecule has 2 heterocycles. The SMILES string of the molecule is Cc1nc(-c2n[nH]nc2C(=O)OC(C)(C)C)co1. The molecule has 0 aromatic carbocycles. The van der Waals surface area contributed by atoms with Crippen molar-refractivity contribution >= 4 is 5.97 Å². The summed E-state index contributed by atoms with van der Waals surface area (Å²) in [5.41, 5.74) is 0.272. The third-order valence-electron chi connectivity index (χ3n) is 2.00. The van der Waals surface area contributed by atoms with Crippen LogP contribution in [0.3, 0.4) is 0 Å².